The number of anilines is 1. The van der Waals surface area contributed by atoms with Crippen LogP contribution in [0, 0.1) is 6.92 Å². The van der Waals surface area contributed by atoms with Crippen LogP contribution in [0.25, 0.3) is 22.1 Å². The van der Waals surface area contributed by atoms with E-state index in [2.05, 4.69) is 35.2 Å². The van der Waals surface area contributed by atoms with Gasteiger partial charge in [-0.1, -0.05) is 60.7 Å². The highest BCUT2D eigenvalue weighted by molar-refractivity contribution is 5.96. The van der Waals surface area contributed by atoms with Crippen LogP contribution in [0.3, 0.4) is 0 Å². The highest BCUT2D eigenvalue weighted by Crippen LogP contribution is 2.39. The molecule has 0 saturated carbocycles. The van der Waals surface area contributed by atoms with Crippen LogP contribution in [0.1, 0.15) is 16.7 Å². The minimum atomic E-state index is -0.364. The Bertz CT molecular complexity index is 1580. The number of hydrogen-bond donors (Lipinski definition) is 0. The molecule has 0 bridgehead atoms. The molecule has 1 aliphatic rings. The molecule has 5 aromatic rings. The first-order chi connectivity index (χ1) is 17.7. The maximum atomic E-state index is 12.4. The van der Waals surface area contributed by atoms with Gasteiger partial charge in [0.05, 0.1) is 0 Å². The molecule has 36 heavy (non-hydrogen) atoms. The van der Waals surface area contributed by atoms with Gasteiger partial charge in [-0.3, -0.25) is 0 Å². The van der Waals surface area contributed by atoms with Gasteiger partial charge in [0, 0.05) is 34.8 Å². The van der Waals surface area contributed by atoms with E-state index in [1.807, 2.05) is 67.6 Å². The summed E-state index contributed by atoms with van der Waals surface area (Å²) in [5.41, 5.74) is 6.15. The van der Waals surface area contributed by atoms with Gasteiger partial charge in [-0.25, -0.2) is 4.79 Å². The zero-order chi connectivity index (χ0) is 24.5. The molecule has 6 rings (SSSR count). The predicted octanol–water partition coefficient (Wildman–Crippen LogP) is 6.70. The fraction of sp³-hybridized carbons (Fsp3) is 0.129. The van der Waals surface area contributed by atoms with Gasteiger partial charge >= 0.3 is 5.63 Å². The van der Waals surface area contributed by atoms with Crippen LogP contribution in [0.2, 0.25) is 0 Å². The summed E-state index contributed by atoms with van der Waals surface area (Å²) in [7, 11) is 0. The Kier molecular flexibility index (Phi) is 5.66. The molecule has 0 saturated heterocycles. The highest BCUT2D eigenvalue weighted by Gasteiger charge is 2.23. The van der Waals surface area contributed by atoms with E-state index in [0.29, 0.717) is 25.5 Å². The van der Waals surface area contributed by atoms with Crippen molar-refractivity contribution in [3.8, 4) is 22.6 Å². The lowest BCUT2D eigenvalue weighted by Crippen LogP contribution is -2.32. The van der Waals surface area contributed by atoms with E-state index in [1.165, 1.54) is 0 Å². The molecule has 0 radical (unpaired) electrons. The van der Waals surface area contributed by atoms with E-state index in [0.717, 1.165) is 50.4 Å². The van der Waals surface area contributed by atoms with Crippen molar-refractivity contribution in [3.63, 3.8) is 0 Å². The van der Waals surface area contributed by atoms with Gasteiger partial charge in [0.1, 0.15) is 23.7 Å². The summed E-state index contributed by atoms with van der Waals surface area (Å²) in [4.78, 5) is 14.5. The molecule has 1 aliphatic heterocycles. The molecule has 2 heterocycles. The second-order valence-electron chi connectivity index (χ2n) is 8.95. The standard InChI is InChI=1S/C31H25NO4/c1-21-30-24(16-28-27(17-29(33)36-31(21)28)23-10-6-3-7-11-23)18-32(20-35-30)25-12-14-26(15-13-25)34-19-22-8-4-2-5-9-22/h2-17H,18-20H2,1H3. The Morgan fingerprint density at radius 1 is 0.889 bits per heavy atom. The quantitative estimate of drug-likeness (QED) is 0.265. The minimum absolute atomic E-state index is 0.364. The molecule has 5 heteroatoms. The van der Waals surface area contributed by atoms with Crippen LogP contribution in [0.5, 0.6) is 11.5 Å². The third kappa shape index (κ3) is 4.20. The molecular formula is C31H25NO4. The molecule has 0 fully saturated rings. The molecule has 4 aromatic carbocycles. The summed E-state index contributed by atoms with van der Waals surface area (Å²) < 4.78 is 17.8. The molecule has 178 valence electrons. The number of rotatable bonds is 5. The van der Waals surface area contributed by atoms with Gasteiger partial charge in [-0.05, 0) is 53.9 Å². The molecule has 0 spiro atoms. The monoisotopic (exact) mass is 475 g/mol. The second kappa shape index (κ2) is 9.27. The van der Waals surface area contributed by atoms with Gasteiger partial charge in [0.15, 0.2) is 6.73 Å². The Balaban J connectivity index is 1.29. The highest BCUT2D eigenvalue weighted by atomic mass is 16.5. The summed E-state index contributed by atoms with van der Waals surface area (Å²) >= 11 is 0. The van der Waals surface area contributed by atoms with Gasteiger partial charge < -0.3 is 18.8 Å². The van der Waals surface area contributed by atoms with Gasteiger partial charge in [-0.15, -0.1) is 0 Å². The van der Waals surface area contributed by atoms with Crippen LogP contribution < -0.4 is 20.0 Å². The normalized spacial score (nSPS) is 12.8. The molecular weight excluding hydrogens is 450 g/mol. The summed E-state index contributed by atoms with van der Waals surface area (Å²) in [5, 5.41) is 0.909. The fourth-order valence-electron chi connectivity index (χ4n) is 4.74. The smallest absolute Gasteiger partial charge is 0.336 e. The largest absolute Gasteiger partial charge is 0.489 e. The molecule has 0 N–H and O–H groups in total. The SMILES string of the molecule is Cc1c2c(cc3c(-c4ccccc4)cc(=O)oc13)CN(c1ccc(OCc3ccccc3)cc1)CO2. The summed E-state index contributed by atoms with van der Waals surface area (Å²) in [5.74, 6) is 1.61. The van der Waals surface area contributed by atoms with Crippen molar-refractivity contribution in [1.82, 2.24) is 0 Å². The molecule has 0 amide bonds. The van der Waals surface area contributed by atoms with E-state index < -0.39 is 0 Å². The number of ether oxygens (including phenoxy) is 2. The molecule has 0 aliphatic carbocycles. The van der Waals surface area contributed by atoms with Crippen LogP contribution >= 0.6 is 0 Å². The van der Waals surface area contributed by atoms with Crippen molar-refractivity contribution in [1.29, 1.82) is 0 Å². The average molecular weight is 476 g/mol. The molecule has 1 aromatic heterocycles. The third-order valence-electron chi connectivity index (χ3n) is 6.55. The van der Waals surface area contributed by atoms with Crippen molar-refractivity contribution in [2.75, 3.05) is 11.6 Å². The lowest BCUT2D eigenvalue weighted by atomic mass is 9.97. The lowest BCUT2D eigenvalue weighted by molar-refractivity contribution is 0.287. The zero-order valence-electron chi connectivity index (χ0n) is 19.9. The van der Waals surface area contributed by atoms with Gasteiger partial charge in [-0.2, -0.15) is 0 Å². The third-order valence-corrected chi connectivity index (χ3v) is 6.55. The summed E-state index contributed by atoms with van der Waals surface area (Å²) in [6.45, 7) is 3.58. The molecule has 0 unspecified atom stereocenters. The van der Waals surface area contributed by atoms with E-state index in [4.69, 9.17) is 13.9 Å². The molecule has 5 nitrogen and oxygen atoms in total. The number of fused-ring (bicyclic) bond motifs is 2. The zero-order valence-corrected chi connectivity index (χ0v) is 19.9. The summed E-state index contributed by atoms with van der Waals surface area (Å²) in [6, 6.07) is 31.8. The average Bonchev–Trinajstić information content (AvgIpc) is 2.93. The van der Waals surface area contributed by atoms with E-state index in [9.17, 15) is 4.79 Å². The fourth-order valence-corrected chi connectivity index (χ4v) is 4.74. The van der Waals surface area contributed by atoms with Crippen molar-refractivity contribution in [3.05, 3.63) is 124 Å². The lowest BCUT2D eigenvalue weighted by Gasteiger charge is -2.32. The second-order valence-corrected chi connectivity index (χ2v) is 8.95. The Morgan fingerprint density at radius 2 is 1.61 bits per heavy atom. The first kappa shape index (κ1) is 22.0. The topological polar surface area (TPSA) is 51.9 Å². The van der Waals surface area contributed by atoms with E-state index in [-0.39, 0.29) is 5.63 Å². The molecule has 0 atom stereocenters. The van der Waals surface area contributed by atoms with Gasteiger partial charge in [0.25, 0.3) is 0 Å². The van der Waals surface area contributed by atoms with Crippen LogP contribution in [0.4, 0.5) is 5.69 Å². The van der Waals surface area contributed by atoms with Crippen LogP contribution in [0.15, 0.2) is 106 Å². The first-order valence-corrected chi connectivity index (χ1v) is 12.0. The van der Waals surface area contributed by atoms with Crippen molar-refractivity contribution in [2.24, 2.45) is 0 Å². The number of nitrogens with zero attached hydrogens (tertiary/aromatic N) is 1. The van der Waals surface area contributed by atoms with Crippen LogP contribution in [-0.4, -0.2) is 6.73 Å². The summed E-state index contributed by atoms with van der Waals surface area (Å²) in [6.07, 6.45) is 0. The first-order valence-electron chi connectivity index (χ1n) is 12.0. The Labute approximate surface area is 209 Å². The van der Waals surface area contributed by atoms with E-state index >= 15 is 0 Å². The minimum Gasteiger partial charge on any atom is -0.489 e. The van der Waals surface area contributed by atoms with Crippen molar-refractivity contribution >= 4 is 16.7 Å². The predicted molar refractivity (Wildman–Crippen MR) is 142 cm³/mol. The van der Waals surface area contributed by atoms with Crippen molar-refractivity contribution < 1.29 is 13.9 Å². The van der Waals surface area contributed by atoms with Crippen molar-refractivity contribution in [2.45, 2.75) is 20.1 Å². The maximum Gasteiger partial charge on any atom is 0.336 e. The Morgan fingerprint density at radius 3 is 2.36 bits per heavy atom. The number of benzene rings is 4. The van der Waals surface area contributed by atoms with Gasteiger partial charge in [0.2, 0.25) is 0 Å². The number of hydrogen-bond acceptors (Lipinski definition) is 5. The van der Waals surface area contributed by atoms with Crippen LogP contribution in [-0.2, 0) is 13.2 Å². The number of aryl methyl sites for hydroxylation is 1. The maximum absolute atomic E-state index is 12.4. The van der Waals surface area contributed by atoms with E-state index in [1.54, 1.807) is 6.07 Å². The Hall–Kier alpha value is -4.51.